The lowest BCUT2D eigenvalue weighted by Gasteiger charge is -2.37. The second-order valence-electron chi connectivity index (χ2n) is 5.21. The molecule has 0 unspecified atom stereocenters. The van der Waals surface area contributed by atoms with Crippen LogP contribution in [0.5, 0.6) is 0 Å². The van der Waals surface area contributed by atoms with E-state index in [1.54, 1.807) is 8.61 Å². The van der Waals surface area contributed by atoms with Crippen molar-refractivity contribution >= 4 is 10.2 Å². The van der Waals surface area contributed by atoms with Crippen LogP contribution in [0.25, 0.3) is 0 Å². The van der Waals surface area contributed by atoms with Crippen molar-refractivity contribution in [3.8, 4) is 0 Å². The monoisotopic (exact) mass is 291 g/mol. The van der Waals surface area contributed by atoms with E-state index in [1.807, 2.05) is 0 Å². The average Bonchev–Trinajstić information content (AvgIpc) is 2.46. The topological polar surface area (TPSA) is 75.9 Å². The molecular formula is C12H25N3O3S. The molecule has 0 atom stereocenters. The summed E-state index contributed by atoms with van der Waals surface area (Å²) in [6.07, 6.45) is 5.37. The van der Waals surface area contributed by atoms with Gasteiger partial charge in [0, 0.05) is 32.2 Å². The third-order valence-electron chi connectivity index (χ3n) is 3.92. The third kappa shape index (κ3) is 3.66. The molecular weight excluding hydrogens is 266 g/mol. The van der Waals surface area contributed by atoms with Gasteiger partial charge in [-0.25, -0.2) is 0 Å². The molecule has 0 aromatic heterocycles. The lowest BCUT2D eigenvalue weighted by Crippen LogP contribution is -2.53. The first-order valence-electron chi connectivity index (χ1n) is 7.21. The Balaban J connectivity index is 2.11. The lowest BCUT2D eigenvalue weighted by molar-refractivity contribution is 0.0686. The smallest absolute Gasteiger partial charge is 0.282 e. The van der Waals surface area contributed by atoms with Crippen LogP contribution >= 0.6 is 0 Å². The van der Waals surface area contributed by atoms with Crippen LogP contribution in [-0.2, 0) is 14.9 Å². The van der Waals surface area contributed by atoms with Crippen LogP contribution < -0.4 is 5.73 Å². The van der Waals surface area contributed by atoms with Crippen molar-refractivity contribution in [2.75, 3.05) is 39.4 Å². The Morgan fingerprint density at radius 3 is 2.37 bits per heavy atom. The predicted octanol–water partition coefficient (Wildman–Crippen LogP) is 0.157. The highest BCUT2D eigenvalue weighted by Crippen LogP contribution is 2.26. The van der Waals surface area contributed by atoms with Crippen LogP contribution in [0, 0.1) is 0 Å². The highest BCUT2D eigenvalue weighted by Gasteiger charge is 2.35. The third-order valence-corrected chi connectivity index (χ3v) is 6.02. The number of rotatable bonds is 5. The van der Waals surface area contributed by atoms with E-state index in [9.17, 15) is 8.42 Å². The van der Waals surface area contributed by atoms with E-state index in [0.29, 0.717) is 39.4 Å². The fourth-order valence-electron chi connectivity index (χ4n) is 2.91. The summed E-state index contributed by atoms with van der Waals surface area (Å²) in [6, 6.07) is 0.130. The van der Waals surface area contributed by atoms with Gasteiger partial charge in [-0.05, 0) is 12.8 Å². The maximum Gasteiger partial charge on any atom is 0.282 e. The fourth-order valence-corrected chi connectivity index (χ4v) is 4.74. The van der Waals surface area contributed by atoms with Gasteiger partial charge in [-0.2, -0.15) is 17.0 Å². The summed E-state index contributed by atoms with van der Waals surface area (Å²) in [4.78, 5) is 0. The number of hydrogen-bond acceptors (Lipinski definition) is 4. The summed E-state index contributed by atoms with van der Waals surface area (Å²) in [5.74, 6) is 0. The van der Waals surface area contributed by atoms with Crippen LogP contribution in [-0.4, -0.2) is 62.5 Å². The molecule has 1 heterocycles. The average molecular weight is 291 g/mol. The van der Waals surface area contributed by atoms with Gasteiger partial charge < -0.3 is 10.5 Å². The summed E-state index contributed by atoms with van der Waals surface area (Å²) in [5, 5.41) is 0. The molecule has 0 bridgehead atoms. The molecule has 0 aromatic rings. The normalized spacial score (nSPS) is 23.9. The molecule has 0 radical (unpaired) electrons. The van der Waals surface area contributed by atoms with Crippen LogP contribution in [0.4, 0.5) is 0 Å². The van der Waals surface area contributed by atoms with E-state index >= 15 is 0 Å². The van der Waals surface area contributed by atoms with Crippen LogP contribution in [0.1, 0.15) is 32.1 Å². The lowest BCUT2D eigenvalue weighted by atomic mass is 9.95. The quantitative estimate of drug-likeness (QED) is 0.783. The highest BCUT2D eigenvalue weighted by molar-refractivity contribution is 7.86. The van der Waals surface area contributed by atoms with E-state index in [-0.39, 0.29) is 6.04 Å². The van der Waals surface area contributed by atoms with Gasteiger partial charge in [-0.1, -0.05) is 19.3 Å². The van der Waals surface area contributed by atoms with Gasteiger partial charge >= 0.3 is 0 Å². The Labute approximate surface area is 116 Å². The van der Waals surface area contributed by atoms with Crippen molar-refractivity contribution < 1.29 is 13.2 Å². The fraction of sp³-hybridized carbons (Fsp3) is 1.00. The van der Waals surface area contributed by atoms with Crippen molar-refractivity contribution in [3.63, 3.8) is 0 Å². The first kappa shape index (κ1) is 15.2. The molecule has 7 heteroatoms. The minimum Gasteiger partial charge on any atom is -0.379 e. The minimum absolute atomic E-state index is 0.130. The zero-order chi connectivity index (χ0) is 13.7. The summed E-state index contributed by atoms with van der Waals surface area (Å²) < 4.78 is 33.8. The predicted molar refractivity (Wildman–Crippen MR) is 73.9 cm³/mol. The molecule has 0 aromatic carbocycles. The zero-order valence-corrected chi connectivity index (χ0v) is 12.3. The van der Waals surface area contributed by atoms with E-state index in [4.69, 9.17) is 10.5 Å². The highest BCUT2D eigenvalue weighted by atomic mass is 32.2. The molecule has 6 nitrogen and oxygen atoms in total. The molecule has 2 N–H and O–H groups in total. The number of nitrogens with two attached hydrogens (primary N) is 1. The van der Waals surface area contributed by atoms with Gasteiger partial charge in [0.25, 0.3) is 10.2 Å². The van der Waals surface area contributed by atoms with E-state index in [0.717, 1.165) is 25.7 Å². The molecule has 0 amide bonds. The summed E-state index contributed by atoms with van der Waals surface area (Å²) in [6.45, 7) is 2.68. The molecule has 19 heavy (non-hydrogen) atoms. The number of ether oxygens (including phenoxy) is 1. The molecule has 1 aliphatic heterocycles. The number of nitrogens with zero attached hydrogens (tertiary/aromatic N) is 2. The molecule has 2 aliphatic rings. The van der Waals surface area contributed by atoms with E-state index in [2.05, 4.69) is 0 Å². The van der Waals surface area contributed by atoms with Crippen molar-refractivity contribution in [3.05, 3.63) is 0 Å². The van der Waals surface area contributed by atoms with Crippen molar-refractivity contribution in [2.24, 2.45) is 5.73 Å². The van der Waals surface area contributed by atoms with Gasteiger partial charge in [0.2, 0.25) is 0 Å². The molecule has 2 rings (SSSR count). The van der Waals surface area contributed by atoms with Gasteiger partial charge in [-0.15, -0.1) is 0 Å². The minimum atomic E-state index is -3.38. The first-order valence-corrected chi connectivity index (χ1v) is 8.60. The molecule has 1 aliphatic carbocycles. The van der Waals surface area contributed by atoms with Crippen LogP contribution in [0.15, 0.2) is 0 Å². The van der Waals surface area contributed by atoms with Crippen LogP contribution in [0.2, 0.25) is 0 Å². The summed E-state index contributed by atoms with van der Waals surface area (Å²) in [7, 11) is -3.38. The zero-order valence-electron chi connectivity index (χ0n) is 11.5. The van der Waals surface area contributed by atoms with Crippen molar-refractivity contribution in [2.45, 2.75) is 38.1 Å². The summed E-state index contributed by atoms with van der Waals surface area (Å²) >= 11 is 0. The maximum atomic E-state index is 12.7. The molecule has 2 fully saturated rings. The standard InChI is InChI=1S/C12H25N3O3S/c13-6-7-15(12-4-2-1-3-5-12)19(16,17)14-8-10-18-11-9-14/h12H,1-11,13H2. The molecule has 112 valence electrons. The second-order valence-corrected chi connectivity index (χ2v) is 7.09. The SMILES string of the molecule is NCCN(C1CCCCC1)S(=O)(=O)N1CCOCC1. The Hall–Kier alpha value is -0.210. The van der Waals surface area contributed by atoms with Crippen molar-refractivity contribution in [1.82, 2.24) is 8.61 Å². The summed E-state index contributed by atoms with van der Waals surface area (Å²) in [5.41, 5.74) is 5.61. The van der Waals surface area contributed by atoms with Gasteiger partial charge in [0.15, 0.2) is 0 Å². The largest absolute Gasteiger partial charge is 0.379 e. The Morgan fingerprint density at radius 1 is 1.16 bits per heavy atom. The first-order chi connectivity index (χ1) is 9.16. The van der Waals surface area contributed by atoms with Crippen LogP contribution in [0.3, 0.4) is 0 Å². The number of hydrogen-bond donors (Lipinski definition) is 1. The van der Waals surface area contributed by atoms with Gasteiger partial charge in [0.05, 0.1) is 13.2 Å². The second kappa shape index (κ2) is 6.99. The number of morpholine rings is 1. The Kier molecular flexibility index (Phi) is 5.58. The van der Waals surface area contributed by atoms with E-state index in [1.165, 1.54) is 6.42 Å². The van der Waals surface area contributed by atoms with Gasteiger partial charge in [0.1, 0.15) is 0 Å². The Morgan fingerprint density at radius 2 is 1.79 bits per heavy atom. The maximum absolute atomic E-state index is 12.7. The van der Waals surface area contributed by atoms with E-state index < -0.39 is 10.2 Å². The molecule has 1 saturated heterocycles. The molecule has 0 spiro atoms. The van der Waals surface area contributed by atoms with Crippen molar-refractivity contribution in [1.29, 1.82) is 0 Å². The Bertz CT molecular complexity index is 362. The van der Waals surface area contributed by atoms with Gasteiger partial charge in [-0.3, -0.25) is 0 Å². The molecule has 1 saturated carbocycles.